The van der Waals surface area contributed by atoms with Crippen LogP contribution in [0.3, 0.4) is 0 Å². The van der Waals surface area contributed by atoms with E-state index in [1.54, 1.807) is 11.8 Å². The van der Waals surface area contributed by atoms with Crippen LogP contribution in [0, 0.1) is 0 Å². The first kappa shape index (κ1) is 17.7. The van der Waals surface area contributed by atoms with Crippen LogP contribution in [0.15, 0.2) is 24.3 Å². The lowest BCUT2D eigenvalue weighted by atomic mass is 10.2. The summed E-state index contributed by atoms with van der Waals surface area (Å²) in [7, 11) is 0. The lowest BCUT2D eigenvalue weighted by Gasteiger charge is -2.30. The van der Waals surface area contributed by atoms with Gasteiger partial charge < -0.3 is 15.1 Å². The van der Waals surface area contributed by atoms with Gasteiger partial charge in [-0.05, 0) is 38.3 Å². The summed E-state index contributed by atoms with van der Waals surface area (Å²) in [5.74, 6) is 0.733. The zero-order chi connectivity index (χ0) is 18.1. The molecule has 0 spiro atoms. The van der Waals surface area contributed by atoms with E-state index in [0.717, 1.165) is 30.9 Å². The third-order valence-corrected chi connectivity index (χ3v) is 7.36. The molecule has 0 aliphatic carbocycles. The van der Waals surface area contributed by atoms with Gasteiger partial charge in [0.25, 0.3) is 0 Å². The molecule has 5 nitrogen and oxygen atoms in total. The average Bonchev–Trinajstić information content (AvgIpc) is 2.98. The van der Waals surface area contributed by atoms with E-state index in [0.29, 0.717) is 12.2 Å². The number of rotatable bonds is 3. The summed E-state index contributed by atoms with van der Waals surface area (Å²) in [4.78, 5) is 29.3. The molecule has 0 bridgehead atoms. The molecule has 1 aromatic rings. The molecule has 2 unspecified atom stereocenters. The number of para-hydroxylation sites is 2. The Labute approximate surface area is 159 Å². The van der Waals surface area contributed by atoms with Gasteiger partial charge in [0.15, 0.2) is 0 Å². The largest absolute Gasteiger partial charge is 0.370 e. The van der Waals surface area contributed by atoms with Crippen LogP contribution < -0.4 is 10.2 Å². The number of carbonyl (C=O) groups excluding carboxylic acids is 2. The van der Waals surface area contributed by atoms with Crippen molar-refractivity contribution in [2.24, 2.45) is 0 Å². The Morgan fingerprint density at radius 1 is 1.19 bits per heavy atom. The topological polar surface area (TPSA) is 52.7 Å². The van der Waals surface area contributed by atoms with Gasteiger partial charge in [-0.1, -0.05) is 25.0 Å². The van der Waals surface area contributed by atoms with E-state index in [1.165, 1.54) is 25.7 Å². The van der Waals surface area contributed by atoms with E-state index in [-0.39, 0.29) is 22.7 Å². The molecule has 2 atom stereocenters. The summed E-state index contributed by atoms with van der Waals surface area (Å²) in [6.45, 7) is 4.16. The summed E-state index contributed by atoms with van der Waals surface area (Å²) in [5, 5.41) is 3.13. The lowest BCUT2D eigenvalue weighted by molar-refractivity contribution is -0.135. The minimum Gasteiger partial charge on any atom is -0.370 e. The molecule has 3 aliphatic heterocycles. The Morgan fingerprint density at radius 3 is 2.69 bits per heavy atom. The second kappa shape index (κ2) is 7.14. The number of fused-ring (bicyclic) bond motifs is 1. The number of amides is 2. The third kappa shape index (κ3) is 3.20. The summed E-state index contributed by atoms with van der Waals surface area (Å²) in [6.07, 6.45) is 6.34. The molecule has 3 saturated heterocycles. The van der Waals surface area contributed by atoms with E-state index < -0.39 is 0 Å². The zero-order valence-corrected chi connectivity index (χ0v) is 16.2. The fourth-order valence-electron chi connectivity index (χ4n) is 4.40. The quantitative estimate of drug-likeness (QED) is 0.882. The van der Waals surface area contributed by atoms with Gasteiger partial charge in [-0.25, -0.2) is 0 Å². The molecule has 4 rings (SSSR count). The number of nitrogens with one attached hydrogen (secondary N) is 1. The van der Waals surface area contributed by atoms with Gasteiger partial charge in [0, 0.05) is 25.3 Å². The van der Waals surface area contributed by atoms with Crippen LogP contribution in [0.2, 0.25) is 0 Å². The van der Waals surface area contributed by atoms with Gasteiger partial charge in [-0.2, -0.15) is 0 Å². The van der Waals surface area contributed by atoms with Crippen molar-refractivity contribution in [1.82, 2.24) is 4.90 Å². The summed E-state index contributed by atoms with van der Waals surface area (Å²) in [5.41, 5.74) is 1.97. The van der Waals surface area contributed by atoms with Gasteiger partial charge >= 0.3 is 0 Å². The van der Waals surface area contributed by atoms with Gasteiger partial charge in [0.05, 0.1) is 16.2 Å². The van der Waals surface area contributed by atoms with E-state index in [1.807, 2.05) is 23.1 Å². The normalized spacial score (nSPS) is 28.8. The smallest absolute Gasteiger partial charge is 0.248 e. The molecule has 3 fully saturated rings. The Hall–Kier alpha value is -1.69. The summed E-state index contributed by atoms with van der Waals surface area (Å²) < 4.78 is 0. The molecule has 2 amide bonds. The first-order chi connectivity index (χ1) is 12.6. The highest BCUT2D eigenvalue weighted by atomic mass is 32.2. The van der Waals surface area contributed by atoms with Crippen LogP contribution in [0.25, 0.3) is 0 Å². The SMILES string of the molecule is CC12CCC(=O)N1C(C(=O)Nc1ccccc1N1CCCCCC1)CS2. The van der Waals surface area contributed by atoms with Gasteiger partial charge in [-0.15, -0.1) is 11.8 Å². The van der Waals surface area contributed by atoms with Crippen molar-refractivity contribution < 1.29 is 9.59 Å². The van der Waals surface area contributed by atoms with Crippen LogP contribution in [-0.2, 0) is 9.59 Å². The van der Waals surface area contributed by atoms with Crippen molar-refractivity contribution in [3.63, 3.8) is 0 Å². The molecule has 3 heterocycles. The molecule has 0 saturated carbocycles. The maximum atomic E-state index is 13.0. The Balaban J connectivity index is 1.52. The van der Waals surface area contributed by atoms with Gasteiger partial charge in [0.2, 0.25) is 11.8 Å². The predicted octanol–water partition coefficient (Wildman–Crippen LogP) is 3.46. The highest BCUT2D eigenvalue weighted by Crippen LogP contribution is 2.47. The fraction of sp³-hybridized carbons (Fsp3) is 0.600. The molecule has 1 aromatic carbocycles. The third-order valence-electron chi connectivity index (χ3n) is 5.86. The molecular weight excluding hydrogens is 346 g/mol. The summed E-state index contributed by atoms with van der Waals surface area (Å²) >= 11 is 1.73. The Morgan fingerprint density at radius 2 is 1.92 bits per heavy atom. The first-order valence-electron chi connectivity index (χ1n) is 9.69. The molecular formula is C20H27N3O2S. The van der Waals surface area contributed by atoms with Crippen molar-refractivity contribution in [3.05, 3.63) is 24.3 Å². The molecule has 0 aromatic heterocycles. The maximum absolute atomic E-state index is 13.0. The highest BCUT2D eigenvalue weighted by molar-refractivity contribution is 8.01. The number of anilines is 2. The van der Waals surface area contributed by atoms with E-state index in [2.05, 4.69) is 23.2 Å². The fourth-order valence-corrected chi connectivity index (χ4v) is 5.83. The second-order valence-electron chi connectivity index (χ2n) is 7.67. The van der Waals surface area contributed by atoms with Crippen LogP contribution in [-0.4, -0.2) is 46.5 Å². The van der Waals surface area contributed by atoms with E-state index >= 15 is 0 Å². The average molecular weight is 374 g/mol. The predicted molar refractivity (Wildman–Crippen MR) is 106 cm³/mol. The zero-order valence-electron chi connectivity index (χ0n) is 15.4. The minimum atomic E-state index is -0.364. The number of nitrogens with zero attached hydrogens (tertiary/aromatic N) is 2. The standard InChI is InChI=1S/C20H27N3O2S/c1-20-11-10-18(24)23(20)17(14-26-20)19(25)21-15-8-4-5-9-16(15)22-12-6-2-3-7-13-22/h4-5,8-9,17H,2-3,6-7,10-14H2,1H3,(H,21,25). The van der Waals surface area contributed by atoms with E-state index in [4.69, 9.17) is 0 Å². The number of thioether (sulfide) groups is 1. The number of benzene rings is 1. The van der Waals surface area contributed by atoms with Crippen molar-refractivity contribution in [1.29, 1.82) is 0 Å². The van der Waals surface area contributed by atoms with Crippen LogP contribution in [0.5, 0.6) is 0 Å². The van der Waals surface area contributed by atoms with Gasteiger partial charge in [0.1, 0.15) is 6.04 Å². The van der Waals surface area contributed by atoms with Crippen LogP contribution >= 0.6 is 11.8 Å². The minimum absolute atomic E-state index is 0.0567. The monoisotopic (exact) mass is 373 g/mol. The van der Waals surface area contributed by atoms with Crippen molar-refractivity contribution >= 4 is 35.0 Å². The first-order valence-corrected chi connectivity index (χ1v) is 10.7. The Kier molecular flexibility index (Phi) is 4.86. The second-order valence-corrected chi connectivity index (χ2v) is 9.17. The number of hydrogen-bond acceptors (Lipinski definition) is 4. The molecule has 6 heteroatoms. The molecule has 1 N–H and O–H groups in total. The van der Waals surface area contributed by atoms with Crippen LogP contribution in [0.1, 0.15) is 45.4 Å². The molecule has 140 valence electrons. The number of carbonyl (C=O) groups is 2. The van der Waals surface area contributed by atoms with Gasteiger partial charge in [-0.3, -0.25) is 9.59 Å². The summed E-state index contributed by atoms with van der Waals surface area (Å²) in [6, 6.07) is 7.70. The highest BCUT2D eigenvalue weighted by Gasteiger charge is 2.52. The maximum Gasteiger partial charge on any atom is 0.248 e. The van der Waals surface area contributed by atoms with E-state index in [9.17, 15) is 9.59 Å². The van der Waals surface area contributed by atoms with Crippen molar-refractivity contribution in [3.8, 4) is 0 Å². The lowest BCUT2D eigenvalue weighted by Crippen LogP contribution is -2.48. The molecule has 0 radical (unpaired) electrons. The van der Waals surface area contributed by atoms with Crippen LogP contribution in [0.4, 0.5) is 11.4 Å². The molecule has 26 heavy (non-hydrogen) atoms. The van der Waals surface area contributed by atoms with Crippen molar-refractivity contribution in [2.45, 2.75) is 56.4 Å². The number of hydrogen-bond donors (Lipinski definition) is 1. The Bertz CT molecular complexity index is 702. The molecule has 3 aliphatic rings. The van der Waals surface area contributed by atoms with Crippen molar-refractivity contribution in [2.75, 3.05) is 29.1 Å².